The Kier molecular flexibility index (Phi) is 3.43. The molecule has 0 spiro atoms. The second kappa shape index (κ2) is 4.81. The number of hydrogen-bond donors (Lipinski definition) is 2. The van der Waals surface area contributed by atoms with Gasteiger partial charge in [-0.2, -0.15) is 0 Å². The van der Waals surface area contributed by atoms with Crippen LogP contribution < -0.4 is 10.6 Å². The minimum Gasteiger partial charge on any atom is -0.336 e. The largest absolute Gasteiger partial charge is 0.336 e. The molecule has 5 nitrogen and oxygen atoms in total. The summed E-state index contributed by atoms with van der Waals surface area (Å²) in [5.74, 6) is 0. The van der Waals surface area contributed by atoms with Crippen LogP contribution in [0.3, 0.4) is 0 Å². The van der Waals surface area contributed by atoms with Crippen LogP contribution in [0.5, 0.6) is 0 Å². The van der Waals surface area contributed by atoms with E-state index in [1.54, 1.807) is 0 Å². The maximum Gasteiger partial charge on any atom is 0.317 e. The number of nitrogens with one attached hydrogen (secondary N) is 2. The Morgan fingerprint density at radius 3 is 2.60 bits per heavy atom. The molecule has 2 saturated heterocycles. The zero-order valence-corrected chi connectivity index (χ0v) is 9.33. The van der Waals surface area contributed by atoms with Crippen LogP contribution in [-0.2, 0) is 0 Å². The molecule has 2 fully saturated rings. The van der Waals surface area contributed by atoms with Crippen LogP contribution in [0.4, 0.5) is 4.79 Å². The van der Waals surface area contributed by atoms with Gasteiger partial charge in [0.1, 0.15) is 0 Å². The summed E-state index contributed by atoms with van der Waals surface area (Å²) in [4.78, 5) is 15.8. The molecule has 0 aromatic carbocycles. The first-order valence-electron chi connectivity index (χ1n) is 5.75. The van der Waals surface area contributed by atoms with Crippen LogP contribution >= 0.6 is 0 Å². The Morgan fingerprint density at radius 2 is 2.00 bits per heavy atom. The molecule has 0 saturated carbocycles. The van der Waals surface area contributed by atoms with Crippen molar-refractivity contribution in [2.24, 2.45) is 0 Å². The molecule has 0 radical (unpaired) electrons. The van der Waals surface area contributed by atoms with E-state index >= 15 is 0 Å². The summed E-state index contributed by atoms with van der Waals surface area (Å²) >= 11 is 0. The van der Waals surface area contributed by atoms with Crippen molar-refractivity contribution in [3.05, 3.63) is 0 Å². The second-order valence-corrected chi connectivity index (χ2v) is 4.32. The van der Waals surface area contributed by atoms with Crippen LogP contribution in [0.1, 0.15) is 6.92 Å². The average molecular weight is 212 g/mol. The average Bonchev–Trinajstić information content (AvgIpc) is 2.66. The molecule has 2 heterocycles. The van der Waals surface area contributed by atoms with Gasteiger partial charge in [0.05, 0.1) is 0 Å². The molecule has 1 atom stereocenters. The van der Waals surface area contributed by atoms with E-state index in [1.165, 1.54) is 0 Å². The molecule has 0 aromatic heterocycles. The molecule has 15 heavy (non-hydrogen) atoms. The molecule has 2 aliphatic rings. The van der Waals surface area contributed by atoms with Crippen molar-refractivity contribution in [1.82, 2.24) is 20.4 Å². The number of nitrogens with zero attached hydrogens (tertiary/aromatic N) is 2. The van der Waals surface area contributed by atoms with Crippen LogP contribution in [0, 0.1) is 0 Å². The first kappa shape index (κ1) is 10.7. The lowest BCUT2D eigenvalue weighted by Crippen LogP contribution is -2.49. The molecule has 0 aromatic rings. The molecular formula is C10H20N4O. The Balaban J connectivity index is 1.80. The fourth-order valence-electron chi connectivity index (χ4n) is 2.27. The topological polar surface area (TPSA) is 47.6 Å². The Bertz CT molecular complexity index is 227. The third-order valence-corrected chi connectivity index (χ3v) is 3.15. The van der Waals surface area contributed by atoms with E-state index in [0.29, 0.717) is 6.04 Å². The molecule has 5 heteroatoms. The van der Waals surface area contributed by atoms with Crippen LogP contribution in [0.25, 0.3) is 0 Å². The maximum absolute atomic E-state index is 11.4. The fraction of sp³-hybridized carbons (Fsp3) is 0.900. The van der Waals surface area contributed by atoms with E-state index in [-0.39, 0.29) is 6.03 Å². The summed E-state index contributed by atoms with van der Waals surface area (Å²) in [6, 6.07) is 0.420. The van der Waals surface area contributed by atoms with Crippen molar-refractivity contribution in [3.8, 4) is 0 Å². The maximum atomic E-state index is 11.4. The van der Waals surface area contributed by atoms with Gasteiger partial charge in [0.2, 0.25) is 0 Å². The van der Waals surface area contributed by atoms with E-state index in [1.807, 2.05) is 4.90 Å². The van der Waals surface area contributed by atoms with Crippen LogP contribution in [-0.4, -0.2) is 67.7 Å². The van der Waals surface area contributed by atoms with E-state index in [0.717, 1.165) is 45.8 Å². The van der Waals surface area contributed by atoms with Gasteiger partial charge in [-0.1, -0.05) is 0 Å². The lowest BCUT2D eigenvalue weighted by molar-refractivity contribution is 0.161. The molecule has 2 N–H and O–H groups in total. The quantitative estimate of drug-likeness (QED) is 0.651. The number of hydrogen-bond acceptors (Lipinski definition) is 3. The third-order valence-electron chi connectivity index (χ3n) is 3.15. The van der Waals surface area contributed by atoms with Gasteiger partial charge >= 0.3 is 6.03 Å². The summed E-state index contributed by atoms with van der Waals surface area (Å²) in [7, 11) is 0. The summed E-state index contributed by atoms with van der Waals surface area (Å²) < 4.78 is 0. The monoisotopic (exact) mass is 212 g/mol. The van der Waals surface area contributed by atoms with E-state index in [9.17, 15) is 4.79 Å². The van der Waals surface area contributed by atoms with Crippen molar-refractivity contribution >= 4 is 6.03 Å². The summed E-state index contributed by atoms with van der Waals surface area (Å²) in [5, 5.41) is 6.18. The molecule has 2 amide bonds. The fourth-order valence-corrected chi connectivity index (χ4v) is 2.27. The minimum absolute atomic E-state index is 0.0950. The van der Waals surface area contributed by atoms with Gasteiger partial charge in [0.15, 0.2) is 0 Å². The Hall–Kier alpha value is -0.810. The number of carbonyl (C=O) groups is 1. The minimum atomic E-state index is 0.0950. The molecular weight excluding hydrogens is 192 g/mol. The van der Waals surface area contributed by atoms with Crippen molar-refractivity contribution in [2.75, 3.05) is 45.8 Å². The Morgan fingerprint density at radius 1 is 1.27 bits per heavy atom. The van der Waals surface area contributed by atoms with Crippen LogP contribution in [0.2, 0.25) is 0 Å². The summed E-state index contributed by atoms with van der Waals surface area (Å²) in [6.45, 7) is 9.11. The third kappa shape index (κ3) is 2.60. The van der Waals surface area contributed by atoms with Gasteiger partial charge < -0.3 is 15.5 Å². The molecule has 2 rings (SSSR count). The van der Waals surface area contributed by atoms with Gasteiger partial charge in [-0.15, -0.1) is 0 Å². The van der Waals surface area contributed by atoms with E-state index in [4.69, 9.17) is 0 Å². The van der Waals surface area contributed by atoms with Gasteiger partial charge in [0.25, 0.3) is 0 Å². The van der Waals surface area contributed by atoms with Gasteiger partial charge in [-0.3, -0.25) is 4.90 Å². The molecule has 0 bridgehead atoms. The molecule has 0 aliphatic carbocycles. The summed E-state index contributed by atoms with van der Waals surface area (Å²) in [6.07, 6.45) is 0. The zero-order valence-electron chi connectivity index (χ0n) is 9.33. The first-order valence-corrected chi connectivity index (χ1v) is 5.75. The van der Waals surface area contributed by atoms with Gasteiger partial charge in [-0.05, 0) is 6.92 Å². The molecule has 2 aliphatic heterocycles. The SMILES string of the molecule is CC(CN1CCNCC1)N1CCNC1=O. The van der Waals surface area contributed by atoms with E-state index < -0.39 is 0 Å². The predicted molar refractivity (Wildman–Crippen MR) is 58.9 cm³/mol. The smallest absolute Gasteiger partial charge is 0.317 e. The van der Waals surface area contributed by atoms with Crippen molar-refractivity contribution in [1.29, 1.82) is 0 Å². The highest BCUT2D eigenvalue weighted by molar-refractivity contribution is 5.76. The van der Waals surface area contributed by atoms with Crippen molar-refractivity contribution in [2.45, 2.75) is 13.0 Å². The first-order chi connectivity index (χ1) is 7.27. The lowest BCUT2D eigenvalue weighted by Gasteiger charge is -2.32. The molecule has 86 valence electrons. The van der Waals surface area contributed by atoms with Crippen LogP contribution in [0.15, 0.2) is 0 Å². The zero-order chi connectivity index (χ0) is 10.7. The predicted octanol–water partition coefficient (Wildman–Crippen LogP) is -0.695. The Labute approximate surface area is 90.8 Å². The number of amides is 2. The normalized spacial score (nSPS) is 25.4. The van der Waals surface area contributed by atoms with Crippen molar-refractivity contribution < 1.29 is 4.79 Å². The number of urea groups is 1. The van der Waals surface area contributed by atoms with Gasteiger partial charge in [-0.25, -0.2) is 4.79 Å². The van der Waals surface area contributed by atoms with Crippen molar-refractivity contribution in [3.63, 3.8) is 0 Å². The highest BCUT2D eigenvalue weighted by Crippen LogP contribution is 2.06. The number of piperazine rings is 1. The lowest BCUT2D eigenvalue weighted by atomic mass is 10.2. The number of carbonyl (C=O) groups excluding carboxylic acids is 1. The highest BCUT2D eigenvalue weighted by atomic mass is 16.2. The van der Waals surface area contributed by atoms with Gasteiger partial charge in [0, 0.05) is 51.9 Å². The second-order valence-electron chi connectivity index (χ2n) is 4.32. The van der Waals surface area contributed by atoms with E-state index in [2.05, 4.69) is 22.5 Å². The number of rotatable bonds is 3. The summed E-state index contributed by atoms with van der Waals surface area (Å²) in [5.41, 5.74) is 0. The highest BCUT2D eigenvalue weighted by Gasteiger charge is 2.26. The molecule has 1 unspecified atom stereocenters. The standard InChI is InChI=1S/C10H20N4O/c1-9(14-7-4-12-10(14)15)8-13-5-2-11-3-6-13/h9,11H,2-8H2,1H3,(H,12,15).